The minimum Gasteiger partial charge on any atom is -0.478 e. The fraction of sp³-hybridized carbons (Fsp3) is 0.435. The Labute approximate surface area is 209 Å². The summed E-state index contributed by atoms with van der Waals surface area (Å²) >= 11 is 1.30. The van der Waals surface area contributed by atoms with Gasteiger partial charge in [-0.05, 0) is 31.5 Å². The Hall–Kier alpha value is -3.42. The Morgan fingerprint density at radius 2 is 1.83 bits per heavy atom. The third-order valence-electron chi connectivity index (χ3n) is 6.74. The number of aliphatic hydroxyl groups is 1. The summed E-state index contributed by atoms with van der Waals surface area (Å²) in [7, 11) is 0. The number of hydrogen-bond acceptors (Lipinski definition) is 8. The largest absolute Gasteiger partial charge is 0.478 e. The summed E-state index contributed by atoms with van der Waals surface area (Å²) < 4.78 is 0. The second-order valence-electron chi connectivity index (χ2n) is 9.17. The number of nitrogens with zero attached hydrogens (tertiary/aromatic N) is 1. The molecule has 6 atom stereocenters. The maximum absolute atomic E-state index is 12.8. The van der Waals surface area contributed by atoms with Gasteiger partial charge in [0.15, 0.2) is 0 Å². The molecule has 3 aliphatic heterocycles. The standard InChI is InChI=1S/C23H26N4O8S/c1-8-16-15(9(2)28)21(31)27(16)17(23(34)35)18(8)36-13-6-14(25-7-13)20(30)26-12-4-10(19(24)29)3-11(5-12)22(32)33/h3-5,8-9,13-16,25,28H,6-7H2,1-2H3,(H2,24,29)(H,26,30)(H,32,33)(H,34,35). The van der Waals surface area contributed by atoms with Crippen LogP contribution < -0.4 is 16.4 Å². The van der Waals surface area contributed by atoms with Crippen LogP contribution in [0.2, 0.25) is 0 Å². The molecule has 2 saturated heterocycles. The second kappa shape index (κ2) is 9.56. The van der Waals surface area contributed by atoms with E-state index in [9.17, 15) is 39.3 Å². The van der Waals surface area contributed by atoms with Crippen molar-refractivity contribution in [2.75, 3.05) is 11.9 Å². The van der Waals surface area contributed by atoms with E-state index in [1.165, 1.54) is 35.7 Å². The summed E-state index contributed by atoms with van der Waals surface area (Å²) in [6.07, 6.45) is -0.546. The molecule has 1 aromatic carbocycles. The second-order valence-corrected chi connectivity index (χ2v) is 10.5. The van der Waals surface area contributed by atoms with E-state index in [4.69, 9.17) is 5.73 Å². The molecule has 12 nitrogen and oxygen atoms in total. The van der Waals surface area contributed by atoms with Gasteiger partial charge in [-0.1, -0.05) is 6.92 Å². The fourth-order valence-corrected chi connectivity index (χ4v) is 6.52. The maximum atomic E-state index is 12.8. The topological polar surface area (TPSA) is 199 Å². The number of thioether (sulfide) groups is 1. The number of β-lactam (4-membered cyclic amide) rings is 1. The Balaban J connectivity index is 1.46. The van der Waals surface area contributed by atoms with E-state index in [-0.39, 0.29) is 33.7 Å². The molecule has 3 amide bonds. The summed E-state index contributed by atoms with van der Waals surface area (Å²) in [4.78, 5) is 62.0. The molecular weight excluding hydrogens is 492 g/mol. The van der Waals surface area contributed by atoms with Crippen LogP contribution in [0.25, 0.3) is 0 Å². The van der Waals surface area contributed by atoms with Gasteiger partial charge in [-0.2, -0.15) is 0 Å². The molecular formula is C23H26N4O8S. The Morgan fingerprint density at radius 3 is 2.42 bits per heavy atom. The molecule has 4 rings (SSSR count). The van der Waals surface area contributed by atoms with Crippen molar-refractivity contribution in [3.05, 3.63) is 39.9 Å². The number of aliphatic carboxylic acids is 1. The van der Waals surface area contributed by atoms with Crippen molar-refractivity contribution in [1.82, 2.24) is 10.2 Å². The summed E-state index contributed by atoms with van der Waals surface area (Å²) in [5, 5.41) is 34.5. The van der Waals surface area contributed by atoms with Crippen molar-refractivity contribution in [1.29, 1.82) is 0 Å². The molecule has 36 heavy (non-hydrogen) atoms. The first-order valence-electron chi connectivity index (χ1n) is 11.3. The predicted molar refractivity (Wildman–Crippen MR) is 128 cm³/mol. The van der Waals surface area contributed by atoms with Crippen LogP contribution in [0.3, 0.4) is 0 Å². The van der Waals surface area contributed by atoms with E-state index in [0.29, 0.717) is 17.9 Å². The number of nitrogens with one attached hydrogen (secondary N) is 2. The van der Waals surface area contributed by atoms with Crippen LogP contribution in [0, 0.1) is 11.8 Å². The molecule has 0 aromatic heterocycles. The molecule has 0 spiro atoms. The smallest absolute Gasteiger partial charge is 0.353 e. The lowest BCUT2D eigenvalue weighted by Gasteiger charge is -2.46. The molecule has 3 heterocycles. The van der Waals surface area contributed by atoms with Crippen molar-refractivity contribution in [2.24, 2.45) is 17.6 Å². The molecule has 192 valence electrons. The quantitative estimate of drug-likeness (QED) is 0.255. The lowest BCUT2D eigenvalue weighted by molar-refractivity contribution is -0.163. The number of anilines is 1. The van der Waals surface area contributed by atoms with Crippen LogP contribution in [0.1, 0.15) is 41.0 Å². The predicted octanol–water partition coefficient (Wildman–Crippen LogP) is 0.0396. The molecule has 0 radical (unpaired) electrons. The van der Waals surface area contributed by atoms with Gasteiger partial charge in [-0.3, -0.25) is 14.4 Å². The van der Waals surface area contributed by atoms with Gasteiger partial charge < -0.3 is 36.6 Å². The zero-order valence-electron chi connectivity index (χ0n) is 19.4. The zero-order valence-corrected chi connectivity index (χ0v) is 20.2. The minimum absolute atomic E-state index is 0.0592. The van der Waals surface area contributed by atoms with Crippen molar-refractivity contribution in [3.63, 3.8) is 0 Å². The summed E-state index contributed by atoms with van der Waals surface area (Å²) in [6, 6.07) is 2.56. The van der Waals surface area contributed by atoms with E-state index >= 15 is 0 Å². The van der Waals surface area contributed by atoms with E-state index in [0.717, 1.165) is 6.07 Å². The number of carbonyl (C=O) groups is 5. The van der Waals surface area contributed by atoms with Gasteiger partial charge in [-0.25, -0.2) is 9.59 Å². The number of primary amides is 1. The molecule has 3 aliphatic rings. The van der Waals surface area contributed by atoms with Gasteiger partial charge in [0.25, 0.3) is 0 Å². The fourth-order valence-electron chi connectivity index (χ4n) is 5.05. The number of carbonyl (C=O) groups excluding carboxylic acids is 3. The number of rotatable bonds is 8. The lowest BCUT2D eigenvalue weighted by atomic mass is 9.79. The van der Waals surface area contributed by atoms with E-state index in [2.05, 4.69) is 10.6 Å². The first-order chi connectivity index (χ1) is 16.9. The van der Waals surface area contributed by atoms with Crippen LogP contribution in [0.4, 0.5) is 5.69 Å². The highest BCUT2D eigenvalue weighted by Crippen LogP contribution is 2.51. The summed E-state index contributed by atoms with van der Waals surface area (Å²) in [6.45, 7) is 3.74. The van der Waals surface area contributed by atoms with Crippen molar-refractivity contribution in [2.45, 2.75) is 43.7 Å². The molecule has 13 heteroatoms. The maximum Gasteiger partial charge on any atom is 0.353 e. The Morgan fingerprint density at radius 1 is 1.17 bits per heavy atom. The monoisotopic (exact) mass is 518 g/mol. The highest BCUT2D eigenvalue weighted by atomic mass is 32.2. The third kappa shape index (κ3) is 4.45. The summed E-state index contributed by atoms with van der Waals surface area (Å²) in [5.74, 6) is -5.12. The van der Waals surface area contributed by atoms with Crippen molar-refractivity contribution >= 4 is 47.1 Å². The minimum atomic E-state index is -1.28. The lowest BCUT2D eigenvalue weighted by Crippen LogP contribution is -2.63. The van der Waals surface area contributed by atoms with Gasteiger partial charge in [0, 0.05) is 33.9 Å². The number of hydrogen-bond donors (Lipinski definition) is 6. The third-order valence-corrected chi connectivity index (χ3v) is 8.26. The molecule has 1 aromatic rings. The number of aliphatic hydroxyl groups excluding tert-OH is 1. The Kier molecular flexibility index (Phi) is 6.82. The molecule has 6 unspecified atom stereocenters. The van der Waals surface area contributed by atoms with E-state index < -0.39 is 53.8 Å². The first-order valence-corrected chi connectivity index (χ1v) is 12.2. The number of amides is 3. The van der Waals surface area contributed by atoms with E-state index in [1.54, 1.807) is 0 Å². The van der Waals surface area contributed by atoms with Gasteiger partial charge in [0.05, 0.1) is 29.7 Å². The number of fused-ring (bicyclic) bond motifs is 1. The van der Waals surface area contributed by atoms with E-state index in [1.807, 2.05) is 6.92 Å². The van der Waals surface area contributed by atoms with Crippen LogP contribution in [0.5, 0.6) is 0 Å². The number of nitrogens with two attached hydrogens (primary N) is 1. The van der Waals surface area contributed by atoms with Crippen molar-refractivity contribution < 1.29 is 39.3 Å². The molecule has 7 N–H and O–H groups in total. The highest BCUT2D eigenvalue weighted by Gasteiger charge is 2.60. The van der Waals surface area contributed by atoms with Gasteiger partial charge >= 0.3 is 11.9 Å². The van der Waals surface area contributed by atoms with Crippen molar-refractivity contribution in [3.8, 4) is 0 Å². The SMILES string of the molecule is CC(O)C1C(=O)N2C(C(=O)O)=C(SC3CNC(C(=O)Nc4cc(C(N)=O)cc(C(=O)O)c4)C3)C(C)C12. The number of aromatic carboxylic acids is 1. The van der Waals surface area contributed by atoms with Gasteiger partial charge in [-0.15, -0.1) is 11.8 Å². The van der Waals surface area contributed by atoms with Crippen LogP contribution >= 0.6 is 11.8 Å². The van der Waals surface area contributed by atoms with Crippen LogP contribution in [0.15, 0.2) is 28.8 Å². The number of carboxylic acid groups (broad SMARTS) is 2. The molecule has 2 fully saturated rings. The first kappa shape index (κ1) is 25.7. The highest BCUT2D eigenvalue weighted by molar-refractivity contribution is 8.03. The number of carboxylic acids is 2. The molecule has 0 bridgehead atoms. The van der Waals surface area contributed by atoms with Gasteiger partial charge in [0.2, 0.25) is 17.7 Å². The Bertz CT molecular complexity index is 1170. The summed E-state index contributed by atoms with van der Waals surface area (Å²) in [5.41, 5.74) is 5.03. The normalized spacial score (nSPS) is 27.9. The molecule has 0 aliphatic carbocycles. The van der Waals surface area contributed by atoms with Gasteiger partial charge in [0.1, 0.15) is 5.70 Å². The molecule has 0 saturated carbocycles. The average Bonchev–Trinajstić information content (AvgIpc) is 3.35. The number of benzene rings is 1. The van der Waals surface area contributed by atoms with Crippen LogP contribution in [-0.4, -0.2) is 79.9 Å². The zero-order chi connectivity index (χ0) is 26.5. The van der Waals surface area contributed by atoms with Crippen LogP contribution in [-0.2, 0) is 14.4 Å². The average molecular weight is 519 g/mol.